The van der Waals surface area contributed by atoms with Crippen LogP contribution in [0.3, 0.4) is 0 Å². The number of hydrogen-bond donors (Lipinski definition) is 1. The number of aromatic nitrogens is 2. The molecule has 2 heterocycles. The number of benzene rings is 2. The number of carbonyl (C=O) groups excluding carboxylic acids is 1. The molecule has 1 N–H and O–H groups in total. The topological polar surface area (TPSA) is 68.5 Å². The summed E-state index contributed by atoms with van der Waals surface area (Å²) < 4.78 is 15.7. The summed E-state index contributed by atoms with van der Waals surface area (Å²) in [6, 6.07) is 15.6. The van der Waals surface area contributed by atoms with Crippen LogP contribution in [0, 0.1) is 12.7 Å². The van der Waals surface area contributed by atoms with E-state index >= 15 is 0 Å². The molecule has 1 amide bonds. The van der Waals surface area contributed by atoms with Crippen molar-refractivity contribution in [2.45, 2.75) is 19.4 Å². The van der Waals surface area contributed by atoms with E-state index < -0.39 is 17.8 Å². The van der Waals surface area contributed by atoms with Crippen LogP contribution in [-0.4, -0.2) is 27.5 Å². The number of halogens is 2. The number of nitrogens with zero attached hydrogens (tertiary/aromatic N) is 3. The third-order valence-electron chi connectivity index (χ3n) is 4.30. The molecule has 1 aliphatic rings. The highest BCUT2D eigenvalue weighted by molar-refractivity contribution is 6.34. The Morgan fingerprint density at radius 2 is 2.04 bits per heavy atom. The minimum atomic E-state index is -0.884. The maximum Gasteiger partial charge on any atom is 0.269 e. The lowest BCUT2D eigenvalue weighted by atomic mass is 10.0. The van der Waals surface area contributed by atoms with Gasteiger partial charge in [0.2, 0.25) is 6.10 Å². The highest BCUT2D eigenvalue weighted by atomic mass is 35.5. The minimum absolute atomic E-state index is 0.116. The molecule has 1 aliphatic heterocycles. The average molecular weight is 399 g/mol. The van der Waals surface area contributed by atoms with Crippen LogP contribution < -0.4 is 5.32 Å². The summed E-state index contributed by atoms with van der Waals surface area (Å²) in [6.45, 7) is 1.84. The largest absolute Gasteiger partial charge is 0.382 e. The van der Waals surface area contributed by atoms with Crippen molar-refractivity contribution >= 4 is 29.0 Å². The summed E-state index contributed by atoms with van der Waals surface area (Å²) in [5, 5.41) is 11.3. The van der Waals surface area contributed by atoms with Crippen LogP contribution in [0.25, 0.3) is 5.69 Å². The van der Waals surface area contributed by atoms with E-state index in [1.54, 1.807) is 16.8 Å². The zero-order valence-corrected chi connectivity index (χ0v) is 15.7. The first kappa shape index (κ1) is 18.2. The fourth-order valence-corrected chi connectivity index (χ4v) is 3.27. The van der Waals surface area contributed by atoms with Crippen molar-refractivity contribution in [1.82, 2.24) is 9.78 Å². The van der Waals surface area contributed by atoms with Crippen molar-refractivity contribution < 1.29 is 14.0 Å². The van der Waals surface area contributed by atoms with Crippen LogP contribution in [0.5, 0.6) is 0 Å². The van der Waals surface area contributed by atoms with Gasteiger partial charge in [0.05, 0.1) is 27.7 Å². The highest BCUT2D eigenvalue weighted by Crippen LogP contribution is 2.26. The summed E-state index contributed by atoms with van der Waals surface area (Å²) in [7, 11) is 0. The van der Waals surface area contributed by atoms with Gasteiger partial charge in [-0.1, -0.05) is 41.0 Å². The Kier molecular flexibility index (Phi) is 4.83. The number of nitrogens with one attached hydrogen (secondary N) is 1. The third-order valence-corrected chi connectivity index (χ3v) is 4.61. The molecule has 0 spiro atoms. The first-order chi connectivity index (χ1) is 13.5. The van der Waals surface area contributed by atoms with Crippen LogP contribution in [0.1, 0.15) is 17.7 Å². The Hall–Kier alpha value is -3.19. The second kappa shape index (κ2) is 7.44. The lowest BCUT2D eigenvalue weighted by Crippen LogP contribution is -2.29. The molecular weight excluding hydrogens is 383 g/mol. The van der Waals surface area contributed by atoms with Gasteiger partial charge < -0.3 is 10.2 Å². The van der Waals surface area contributed by atoms with Crippen LogP contribution in [-0.2, 0) is 9.63 Å². The summed E-state index contributed by atoms with van der Waals surface area (Å²) in [5.74, 6) is -0.397. The molecule has 1 atom stereocenters. The number of rotatable bonds is 4. The Labute approximate surface area is 165 Å². The zero-order valence-electron chi connectivity index (χ0n) is 14.9. The molecule has 3 aromatic rings. The van der Waals surface area contributed by atoms with Gasteiger partial charge in [-0.3, -0.25) is 4.79 Å². The second-order valence-electron chi connectivity index (χ2n) is 6.34. The van der Waals surface area contributed by atoms with E-state index in [1.165, 1.54) is 12.1 Å². The molecule has 8 heteroatoms. The molecule has 0 saturated heterocycles. The van der Waals surface area contributed by atoms with Gasteiger partial charge >= 0.3 is 0 Å². The lowest BCUT2D eigenvalue weighted by molar-refractivity contribution is -0.125. The Balaban J connectivity index is 1.51. The Morgan fingerprint density at radius 3 is 2.79 bits per heavy atom. The van der Waals surface area contributed by atoms with Crippen LogP contribution in [0.2, 0.25) is 5.02 Å². The van der Waals surface area contributed by atoms with Crippen molar-refractivity contribution in [2.75, 3.05) is 5.32 Å². The normalized spacial score (nSPS) is 15.8. The van der Waals surface area contributed by atoms with E-state index in [4.69, 9.17) is 16.4 Å². The molecule has 0 bridgehead atoms. The predicted molar refractivity (Wildman–Crippen MR) is 104 cm³/mol. The first-order valence-corrected chi connectivity index (χ1v) is 9.01. The van der Waals surface area contributed by atoms with E-state index in [0.29, 0.717) is 11.5 Å². The standard InChI is InChI=1S/C20H16ClFN4O2/c1-12-10-18(26(24-12)13-6-3-2-4-7-13)23-20(27)17-11-16(25-28-17)19-14(21)8-5-9-15(19)22/h2-10,17H,11H2,1H3,(H,23,27)/t17-/m0/s1. The molecule has 0 fully saturated rings. The highest BCUT2D eigenvalue weighted by Gasteiger charge is 2.31. The minimum Gasteiger partial charge on any atom is -0.382 e. The van der Waals surface area contributed by atoms with Crippen molar-refractivity contribution in [3.63, 3.8) is 0 Å². The lowest BCUT2D eigenvalue weighted by Gasteiger charge is -2.11. The van der Waals surface area contributed by atoms with E-state index in [-0.39, 0.29) is 17.0 Å². The summed E-state index contributed by atoms with van der Waals surface area (Å²) >= 11 is 6.07. The van der Waals surface area contributed by atoms with Crippen molar-refractivity contribution in [1.29, 1.82) is 0 Å². The number of amides is 1. The summed E-state index contributed by atoms with van der Waals surface area (Å²) in [5.41, 5.74) is 2.02. The molecule has 1 aromatic heterocycles. The number of para-hydroxylation sites is 1. The van der Waals surface area contributed by atoms with Gasteiger partial charge in [-0.05, 0) is 31.2 Å². The molecule has 6 nitrogen and oxygen atoms in total. The fourth-order valence-electron chi connectivity index (χ4n) is 3.00. The van der Waals surface area contributed by atoms with Crippen LogP contribution in [0.15, 0.2) is 59.8 Å². The number of oxime groups is 1. The van der Waals surface area contributed by atoms with Crippen molar-refractivity contribution in [3.8, 4) is 5.69 Å². The Morgan fingerprint density at radius 1 is 1.25 bits per heavy atom. The van der Waals surface area contributed by atoms with Gasteiger partial charge in [-0.15, -0.1) is 0 Å². The number of carbonyl (C=O) groups is 1. The molecule has 4 rings (SSSR count). The SMILES string of the molecule is Cc1cc(NC(=O)[C@@H]2CC(c3c(F)cccc3Cl)=NO2)n(-c2ccccc2)n1. The molecule has 2 aromatic carbocycles. The number of aryl methyl sites for hydroxylation is 1. The molecule has 0 aliphatic carbocycles. The zero-order chi connectivity index (χ0) is 19.7. The van der Waals surface area contributed by atoms with Crippen molar-refractivity contribution in [3.05, 3.63) is 76.7 Å². The van der Waals surface area contributed by atoms with Crippen molar-refractivity contribution in [2.24, 2.45) is 5.16 Å². The number of hydrogen-bond acceptors (Lipinski definition) is 4. The van der Waals surface area contributed by atoms with Gasteiger partial charge in [-0.25, -0.2) is 9.07 Å². The monoisotopic (exact) mass is 398 g/mol. The van der Waals surface area contributed by atoms with Gasteiger partial charge in [0.1, 0.15) is 11.6 Å². The van der Waals surface area contributed by atoms with Gasteiger partial charge in [0.15, 0.2) is 0 Å². The van der Waals surface area contributed by atoms with Crippen LogP contribution in [0.4, 0.5) is 10.2 Å². The molecular formula is C20H16ClFN4O2. The molecule has 0 radical (unpaired) electrons. The second-order valence-corrected chi connectivity index (χ2v) is 6.75. The molecule has 142 valence electrons. The van der Waals surface area contributed by atoms with E-state index in [9.17, 15) is 9.18 Å². The predicted octanol–water partition coefficient (Wildman–Crippen LogP) is 4.10. The maximum atomic E-state index is 14.1. The van der Waals surface area contributed by atoms with Gasteiger partial charge in [0, 0.05) is 12.5 Å². The van der Waals surface area contributed by atoms with Crippen LogP contribution >= 0.6 is 11.6 Å². The summed E-state index contributed by atoms with van der Waals surface area (Å²) in [4.78, 5) is 17.9. The fraction of sp³-hybridized carbons (Fsp3) is 0.150. The summed E-state index contributed by atoms with van der Waals surface area (Å²) in [6.07, 6.45) is -0.768. The first-order valence-electron chi connectivity index (χ1n) is 8.63. The maximum absolute atomic E-state index is 14.1. The number of anilines is 1. The van der Waals surface area contributed by atoms with E-state index in [1.807, 2.05) is 37.3 Å². The van der Waals surface area contributed by atoms with Gasteiger partial charge in [0.25, 0.3) is 5.91 Å². The van der Waals surface area contributed by atoms with E-state index in [2.05, 4.69) is 15.6 Å². The Bertz CT molecular complexity index is 1050. The smallest absolute Gasteiger partial charge is 0.269 e. The third kappa shape index (κ3) is 3.48. The molecule has 0 unspecified atom stereocenters. The average Bonchev–Trinajstić information content (AvgIpc) is 3.29. The molecule has 28 heavy (non-hydrogen) atoms. The molecule has 0 saturated carbocycles. The quantitative estimate of drug-likeness (QED) is 0.719. The van der Waals surface area contributed by atoms with Gasteiger partial charge in [-0.2, -0.15) is 5.10 Å². The van der Waals surface area contributed by atoms with E-state index in [0.717, 1.165) is 11.4 Å².